The molecule has 0 aliphatic heterocycles. The summed E-state index contributed by atoms with van der Waals surface area (Å²) in [6, 6.07) is 5.81. The number of aryl methyl sites for hydroxylation is 1. The Balaban J connectivity index is 2.19. The summed E-state index contributed by atoms with van der Waals surface area (Å²) in [6.45, 7) is 0. The Labute approximate surface area is 107 Å². The highest BCUT2D eigenvalue weighted by atomic mass is 35.5. The van der Waals surface area contributed by atoms with E-state index in [4.69, 9.17) is 11.6 Å². The summed E-state index contributed by atoms with van der Waals surface area (Å²) in [4.78, 5) is 26.9. The molecule has 0 bridgehead atoms. The van der Waals surface area contributed by atoms with E-state index in [-0.39, 0.29) is 11.3 Å². The summed E-state index contributed by atoms with van der Waals surface area (Å²) in [5.41, 5.74) is -0.148. The van der Waals surface area contributed by atoms with Crippen molar-refractivity contribution in [2.75, 3.05) is 5.32 Å². The van der Waals surface area contributed by atoms with Gasteiger partial charge in [0, 0.05) is 19.3 Å². The van der Waals surface area contributed by atoms with Gasteiger partial charge in [-0.25, -0.2) is 9.67 Å². The second-order valence-electron chi connectivity index (χ2n) is 3.50. The standard InChI is InChI=1S/C11H9ClN4O2/c1-16-10(17)5-3-8(15-16)11(18)14-9-4-2-7(12)6-13-9/h2-6H,1H3,(H,13,14,18). The van der Waals surface area contributed by atoms with Gasteiger partial charge in [-0.15, -0.1) is 0 Å². The number of nitrogens with one attached hydrogen (secondary N) is 1. The molecule has 0 aliphatic carbocycles. The van der Waals surface area contributed by atoms with E-state index in [2.05, 4.69) is 15.4 Å². The first-order chi connectivity index (χ1) is 8.56. The van der Waals surface area contributed by atoms with Crippen LogP contribution in [0.1, 0.15) is 10.5 Å². The third-order valence-corrected chi connectivity index (χ3v) is 2.39. The van der Waals surface area contributed by atoms with Crippen LogP contribution in [0.5, 0.6) is 0 Å². The normalized spacial score (nSPS) is 10.1. The maximum Gasteiger partial charge on any atom is 0.277 e. The molecule has 92 valence electrons. The second kappa shape index (κ2) is 4.97. The highest BCUT2D eigenvalue weighted by Gasteiger charge is 2.09. The van der Waals surface area contributed by atoms with E-state index in [9.17, 15) is 9.59 Å². The summed E-state index contributed by atoms with van der Waals surface area (Å²) in [7, 11) is 1.47. The smallest absolute Gasteiger partial charge is 0.277 e. The predicted molar refractivity (Wildman–Crippen MR) is 66.7 cm³/mol. The molecule has 6 nitrogen and oxygen atoms in total. The maximum absolute atomic E-state index is 11.8. The molecule has 1 amide bonds. The summed E-state index contributed by atoms with van der Waals surface area (Å²) in [5.74, 6) is -0.0829. The molecule has 0 aromatic carbocycles. The van der Waals surface area contributed by atoms with Gasteiger partial charge in [0.15, 0.2) is 0 Å². The number of carbonyl (C=O) groups is 1. The number of pyridine rings is 1. The third kappa shape index (κ3) is 2.72. The zero-order valence-corrected chi connectivity index (χ0v) is 10.2. The molecule has 0 radical (unpaired) electrons. The summed E-state index contributed by atoms with van der Waals surface area (Å²) < 4.78 is 1.09. The second-order valence-corrected chi connectivity index (χ2v) is 3.93. The topological polar surface area (TPSA) is 76.9 Å². The number of carbonyl (C=O) groups excluding carboxylic acids is 1. The number of amides is 1. The Kier molecular flexibility index (Phi) is 3.38. The van der Waals surface area contributed by atoms with Crippen LogP contribution in [0, 0.1) is 0 Å². The van der Waals surface area contributed by atoms with Crippen molar-refractivity contribution in [1.82, 2.24) is 14.8 Å². The fourth-order valence-electron chi connectivity index (χ4n) is 1.25. The molecule has 2 aromatic heterocycles. The molecule has 0 fully saturated rings. The van der Waals surface area contributed by atoms with Gasteiger partial charge in [0.1, 0.15) is 11.5 Å². The van der Waals surface area contributed by atoms with E-state index in [1.807, 2.05) is 0 Å². The Bertz CT molecular complexity index is 636. The van der Waals surface area contributed by atoms with Gasteiger partial charge >= 0.3 is 0 Å². The first kappa shape index (κ1) is 12.3. The molecular weight excluding hydrogens is 256 g/mol. The van der Waals surface area contributed by atoms with Crippen LogP contribution >= 0.6 is 11.6 Å². The van der Waals surface area contributed by atoms with Gasteiger partial charge in [-0.3, -0.25) is 9.59 Å². The van der Waals surface area contributed by atoms with Gasteiger partial charge in [0.05, 0.1) is 5.02 Å². The van der Waals surface area contributed by atoms with Gasteiger partial charge in [0.25, 0.3) is 11.5 Å². The largest absolute Gasteiger partial charge is 0.305 e. The maximum atomic E-state index is 11.8. The molecule has 0 atom stereocenters. The minimum Gasteiger partial charge on any atom is -0.305 e. The fraction of sp³-hybridized carbons (Fsp3) is 0.0909. The minimum atomic E-state index is -0.444. The summed E-state index contributed by atoms with van der Waals surface area (Å²) in [6.07, 6.45) is 1.42. The minimum absolute atomic E-state index is 0.133. The number of anilines is 1. The first-order valence-corrected chi connectivity index (χ1v) is 5.41. The molecule has 0 saturated carbocycles. The van der Waals surface area contributed by atoms with Crippen molar-refractivity contribution in [2.45, 2.75) is 0 Å². The van der Waals surface area contributed by atoms with Crippen molar-refractivity contribution in [1.29, 1.82) is 0 Å². The van der Waals surface area contributed by atoms with E-state index in [0.717, 1.165) is 4.68 Å². The Morgan fingerprint density at radius 1 is 1.33 bits per heavy atom. The Hall–Kier alpha value is -2.21. The lowest BCUT2D eigenvalue weighted by atomic mass is 10.3. The molecule has 18 heavy (non-hydrogen) atoms. The SMILES string of the molecule is Cn1nc(C(=O)Nc2ccc(Cl)cn2)ccc1=O. The van der Waals surface area contributed by atoms with Crippen LogP contribution in [-0.2, 0) is 7.05 Å². The van der Waals surface area contributed by atoms with Crippen LogP contribution < -0.4 is 10.9 Å². The number of halogens is 1. The lowest BCUT2D eigenvalue weighted by Gasteiger charge is -2.04. The molecule has 0 unspecified atom stereocenters. The molecule has 2 aromatic rings. The summed E-state index contributed by atoms with van der Waals surface area (Å²) >= 11 is 5.68. The Morgan fingerprint density at radius 3 is 2.72 bits per heavy atom. The van der Waals surface area contributed by atoms with Crippen molar-refractivity contribution >= 4 is 23.3 Å². The molecule has 2 heterocycles. The van der Waals surface area contributed by atoms with Crippen molar-refractivity contribution in [3.05, 3.63) is 51.5 Å². The van der Waals surface area contributed by atoms with Gasteiger partial charge in [-0.1, -0.05) is 11.6 Å². The molecule has 0 spiro atoms. The van der Waals surface area contributed by atoms with E-state index in [0.29, 0.717) is 10.8 Å². The molecule has 2 rings (SSSR count). The van der Waals surface area contributed by atoms with Gasteiger partial charge < -0.3 is 5.32 Å². The monoisotopic (exact) mass is 264 g/mol. The van der Waals surface area contributed by atoms with E-state index in [1.165, 1.54) is 25.4 Å². The fourth-order valence-corrected chi connectivity index (χ4v) is 1.37. The highest BCUT2D eigenvalue weighted by Crippen LogP contribution is 2.10. The number of nitrogens with zero attached hydrogens (tertiary/aromatic N) is 3. The summed E-state index contributed by atoms with van der Waals surface area (Å²) in [5, 5.41) is 6.85. The van der Waals surface area contributed by atoms with Crippen molar-refractivity contribution in [2.24, 2.45) is 7.05 Å². The van der Waals surface area contributed by atoms with Crippen LogP contribution in [0.3, 0.4) is 0 Å². The van der Waals surface area contributed by atoms with Crippen molar-refractivity contribution < 1.29 is 4.79 Å². The average Bonchev–Trinajstić information content (AvgIpc) is 2.35. The van der Waals surface area contributed by atoms with Gasteiger partial charge in [-0.2, -0.15) is 5.10 Å². The number of aromatic nitrogens is 3. The van der Waals surface area contributed by atoms with Gasteiger partial charge in [0.2, 0.25) is 0 Å². The molecule has 1 N–H and O–H groups in total. The molecule has 7 heteroatoms. The highest BCUT2D eigenvalue weighted by molar-refractivity contribution is 6.30. The quantitative estimate of drug-likeness (QED) is 0.881. The van der Waals surface area contributed by atoms with Crippen LogP contribution in [0.25, 0.3) is 0 Å². The number of hydrogen-bond acceptors (Lipinski definition) is 4. The lowest BCUT2D eigenvalue weighted by molar-refractivity contribution is 0.101. The van der Waals surface area contributed by atoms with E-state index in [1.54, 1.807) is 12.1 Å². The van der Waals surface area contributed by atoms with Gasteiger partial charge in [-0.05, 0) is 18.2 Å². The Morgan fingerprint density at radius 2 is 2.11 bits per heavy atom. The molecule has 0 aliphatic rings. The zero-order valence-electron chi connectivity index (χ0n) is 9.42. The third-order valence-electron chi connectivity index (χ3n) is 2.16. The number of rotatable bonds is 2. The van der Waals surface area contributed by atoms with Crippen LogP contribution in [0.15, 0.2) is 35.3 Å². The average molecular weight is 265 g/mol. The molecular formula is C11H9ClN4O2. The number of hydrogen-bond donors (Lipinski definition) is 1. The van der Waals surface area contributed by atoms with Crippen LogP contribution in [0.4, 0.5) is 5.82 Å². The first-order valence-electron chi connectivity index (χ1n) is 5.03. The zero-order chi connectivity index (χ0) is 13.1. The lowest BCUT2D eigenvalue weighted by Crippen LogP contribution is -2.23. The van der Waals surface area contributed by atoms with Crippen LogP contribution in [0.2, 0.25) is 5.02 Å². The van der Waals surface area contributed by atoms with Crippen molar-refractivity contribution in [3.8, 4) is 0 Å². The van der Waals surface area contributed by atoms with E-state index < -0.39 is 5.91 Å². The predicted octanol–water partition coefficient (Wildman–Crippen LogP) is 1.08. The molecule has 0 saturated heterocycles. The van der Waals surface area contributed by atoms with E-state index >= 15 is 0 Å². The van der Waals surface area contributed by atoms with Crippen LogP contribution in [-0.4, -0.2) is 20.7 Å². The van der Waals surface area contributed by atoms with Crippen molar-refractivity contribution in [3.63, 3.8) is 0 Å².